The summed E-state index contributed by atoms with van der Waals surface area (Å²) < 4.78 is 0. The molecule has 1 aromatic heterocycles. The SMILES string of the molecule is O=C(O)C1CN(c2ccc3cccc(Cl)c3n2)CCN1. The van der Waals surface area contributed by atoms with Gasteiger partial charge in [-0.25, -0.2) is 4.98 Å². The number of aliphatic carboxylic acids is 1. The third kappa shape index (κ3) is 2.42. The highest BCUT2D eigenvalue weighted by Gasteiger charge is 2.25. The highest BCUT2D eigenvalue weighted by Crippen LogP contribution is 2.24. The molecule has 1 fully saturated rings. The van der Waals surface area contributed by atoms with Crippen molar-refractivity contribution in [3.8, 4) is 0 Å². The number of anilines is 1. The van der Waals surface area contributed by atoms with Crippen molar-refractivity contribution in [3.63, 3.8) is 0 Å². The fourth-order valence-corrected chi connectivity index (χ4v) is 2.62. The fraction of sp³-hybridized carbons (Fsp3) is 0.286. The molecule has 0 amide bonds. The highest BCUT2D eigenvalue weighted by atomic mass is 35.5. The number of carboxylic acids is 1. The van der Waals surface area contributed by atoms with Crippen molar-refractivity contribution >= 4 is 34.3 Å². The van der Waals surface area contributed by atoms with Crippen LogP contribution in [0.15, 0.2) is 30.3 Å². The van der Waals surface area contributed by atoms with E-state index in [0.717, 1.165) is 23.3 Å². The molecule has 0 bridgehead atoms. The van der Waals surface area contributed by atoms with Gasteiger partial charge in [0.05, 0.1) is 10.5 Å². The second-order valence-electron chi connectivity index (χ2n) is 4.77. The summed E-state index contributed by atoms with van der Waals surface area (Å²) in [7, 11) is 0. The van der Waals surface area contributed by atoms with Gasteiger partial charge in [0.2, 0.25) is 0 Å². The van der Waals surface area contributed by atoms with Crippen molar-refractivity contribution in [3.05, 3.63) is 35.4 Å². The van der Waals surface area contributed by atoms with Crippen LogP contribution in [0.5, 0.6) is 0 Å². The van der Waals surface area contributed by atoms with Crippen LogP contribution in [0, 0.1) is 0 Å². The molecule has 1 unspecified atom stereocenters. The van der Waals surface area contributed by atoms with E-state index in [1.165, 1.54) is 0 Å². The first-order valence-electron chi connectivity index (χ1n) is 6.41. The number of fused-ring (bicyclic) bond motifs is 1. The predicted molar refractivity (Wildman–Crippen MR) is 78.4 cm³/mol. The van der Waals surface area contributed by atoms with Gasteiger partial charge in [-0.15, -0.1) is 0 Å². The molecule has 6 heteroatoms. The standard InChI is InChI=1S/C14H14ClN3O2/c15-10-3-1-2-9-4-5-12(17-13(9)10)18-7-6-16-11(8-18)14(19)20/h1-5,11,16H,6-8H2,(H,19,20). The second-order valence-corrected chi connectivity index (χ2v) is 5.18. The van der Waals surface area contributed by atoms with Crippen LogP contribution in [0.25, 0.3) is 10.9 Å². The predicted octanol–water partition coefficient (Wildman–Crippen LogP) is 1.75. The van der Waals surface area contributed by atoms with Gasteiger partial charge in [0.1, 0.15) is 11.9 Å². The van der Waals surface area contributed by atoms with Crippen molar-refractivity contribution in [2.75, 3.05) is 24.5 Å². The molecule has 1 aromatic carbocycles. The number of halogens is 1. The number of piperazine rings is 1. The van der Waals surface area contributed by atoms with E-state index in [-0.39, 0.29) is 0 Å². The lowest BCUT2D eigenvalue weighted by atomic mass is 10.2. The minimum Gasteiger partial charge on any atom is -0.480 e. The number of pyridine rings is 1. The summed E-state index contributed by atoms with van der Waals surface area (Å²) in [5.41, 5.74) is 0.747. The number of nitrogens with zero attached hydrogens (tertiary/aromatic N) is 2. The van der Waals surface area contributed by atoms with Crippen molar-refractivity contribution < 1.29 is 9.90 Å². The van der Waals surface area contributed by atoms with E-state index in [9.17, 15) is 4.79 Å². The molecule has 0 aliphatic carbocycles. The normalized spacial score (nSPS) is 19.2. The molecule has 1 aliphatic heterocycles. The Morgan fingerprint density at radius 2 is 2.25 bits per heavy atom. The summed E-state index contributed by atoms with van der Waals surface area (Å²) in [5.74, 6) is -0.0770. The molecule has 0 spiro atoms. The van der Waals surface area contributed by atoms with Gasteiger partial charge in [0.25, 0.3) is 0 Å². The van der Waals surface area contributed by atoms with Crippen LogP contribution in [0.4, 0.5) is 5.82 Å². The van der Waals surface area contributed by atoms with Crippen molar-refractivity contribution in [2.45, 2.75) is 6.04 Å². The van der Waals surface area contributed by atoms with Gasteiger partial charge in [0, 0.05) is 25.0 Å². The lowest BCUT2D eigenvalue weighted by Crippen LogP contribution is -2.54. The molecular formula is C14H14ClN3O2. The number of aromatic nitrogens is 1. The minimum absolute atomic E-state index is 0.401. The van der Waals surface area contributed by atoms with Crippen LogP contribution in [-0.4, -0.2) is 41.7 Å². The van der Waals surface area contributed by atoms with E-state index in [2.05, 4.69) is 10.3 Å². The van der Waals surface area contributed by atoms with Gasteiger partial charge in [0.15, 0.2) is 0 Å². The Balaban J connectivity index is 1.93. The van der Waals surface area contributed by atoms with Gasteiger partial charge < -0.3 is 15.3 Å². The zero-order valence-electron chi connectivity index (χ0n) is 10.7. The number of rotatable bonds is 2. The van der Waals surface area contributed by atoms with Gasteiger partial charge in [-0.2, -0.15) is 0 Å². The van der Waals surface area contributed by atoms with Gasteiger partial charge in [-0.1, -0.05) is 23.7 Å². The Morgan fingerprint density at radius 3 is 3.05 bits per heavy atom. The molecule has 104 valence electrons. The molecule has 2 aromatic rings. The number of carboxylic acid groups (broad SMARTS) is 1. The van der Waals surface area contributed by atoms with E-state index < -0.39 is 12.0 Å². The number of hydrogen-bond acceptors (Lipinski definition) is 4. The smallest absolute Gasteiger partial charge is 0.322 e. The second kappa shape index (κ2) is 5.26. The van der Waals surface area contributed by atoms with Crippen LogP contribution < -0.4 is 10.2 Å². The molecule has 1 aliphatic rings. The van der Waals surface area contributed by atoms with Crippen molar-refractivity contribution in [2.24, 2.45) is 0 Å². The van der Waals surface area contributed by atoms with Crippen LogP contribution in [-0.2, 0) is 4.79 Å². The summed E-state index contributed by atoms with van der Waals surface area (Å²) in [6.07, 6.45) is 0. The Hall–Kier alpha value is -1.85. The van der Waals surface area contributed by atoms with E-state index in [1.54, 1.807) is 6.07 Å². The van der Waals surface area contributed by atoms with Gasteiger partial charge in [-0.05, 0) is 18.2 Å². The zero-order chi connectivity index (χ0) is 14.1. The highest BCUT2D eigenvalue weighted by molar-refractivity contribution is 6.35. The molecule has 1 saturated heterocycles. The third-order valence-electron chi connectivity index (χ3n) is 3.45. The lowest BCUT2D eigenvalue weighted by molar-refractivity contribution is -0.139. The van der Waals surface area contributed by atoms with Crippen LogP contribution in [0.1, 0.15) is 0 Å². The summed E-state index contributed by atoms with van der Waals surface area (Å²) in [6.45, 7) is 1.75. The minimum atomic E-state index is -0.839. The average Bonchev–Trinajstić information content (AvgIpc) is 2.47. The molecule has 0 radical (unpaired) electrons. The fourth-order valence-electron chi connectivity index (χ4n) is 2.40. The van der Waals surface area contributed by atoms with Crippen LogP contribution in [0.3, 0.4) is 0 Å². The van der Waals surface area contributed by atoms with Gasteiger partial charge in [-0.3, -0.25) is 4.79 Å². The average molecular weight is 292 g/mol. The number of nitrogens with one attached hydrogen (secondary N) is 1. The van der Waals surface area contributed by atoms with Crippen LogP contribution >= 0.6 is 11.6 Å². The van der Waals surface area contributed by atoms with E-state index in [4.69, 9.17) is 16.7 Å². The topological polar surface area (TPSA) is 65.5 Å². The largest absolute Gasteiger partial charge is 0.480 e. The number of benzene rings is 1. The van der Waals surface area contributed by atoms with Crippen LogP contribution in [0.2, 0.25) is 5.02 Å². The number of hydrogen-bond donors (Lipinski definition) is 2. The molecule has 5 nitrogen and oxygen atoms in total. The molecular weight excluding hydrogens is 278 g/mol. The molecule has 20 heavy (non-hydrogen) atoms. The Labute approximate surface area is 121 Å². The van der Waals surface area contributed by atoms with E-state index in [1.807, 2.05) is 29.2 Å². The van der Waals surface area contributed by atoms with Gasteiger partial charge >= 0.3 is 5.97 Å². The maximum atomic E-state index is 11.1. The molecule has 3 rings (SSSR count). The Bertz CT molecular complexity index is 662. The number of para-hydroxylation sites is 1. The molecule has 2 N–H and O–H groups in total. The summed E-state index contributed by atoms with van der Waals surface area (Å²) in [4.78, 5) is 17.6. The monoisotopic (exact) mass is 291 g/mol. The first kappa shape index (κ1) is 13.1. The first-order chi connectivity index (χ1) is 9.65. The first-order valence-corrected chi connectivity index (χ1v) is 6.79. The maximum absolute atomic E-state index is 11.1. The van der Waals surface area contributed by atoms with Crippen molar-refractivity contribution in [1.82, 2.24) is 10.3 Å². The molecule has 2 heterocycles. The third-order valence-corrected chi connectivity index (χ3v) is 3.76. The zero-order valence-corrected chi connectivity index (χ0v) is 11.5. The van der Waals surface area contributed by atoms with Crippen molar-refractivity contribution in [1.29, 1.82) is 0 Å². The molecule has 0 saturated carbocycles. The Kier molecular flexibility index (Phi) is 3.46. The van der Waals surface area contributed by atoms with E-state index >= 15 is 0 Å². The summed E-state index contributed by atoms with van der Waals surface area (Å²) in [6, 6.07) is 8.95. The molecule has 1 atom stereocenters. The number of carbonyl (C=O) groups is 1. The summed E-state index contributed by atoms with van der Waals surface area (Å²) >= 11 is 6.16. The summed E-state index contributed by atoms with van der Waals surface area (Å²) in [5, 5.41) is 13.6. The van der Waals surface area contributed by atoms with E-state index in [0.29, 0.717) is 18.1 Å². The Morgan fingerprint density at radius 1 is 1.40 bits per heavy atom. The lowest BCUT2D eigenvalue weighted by Gasteiger charge is -2.32. The maximum Gasteiger partial charge on any atom is 0.322 e. The quantitative estimate of drug-likeness (QED) is 0.882.